The number of amides is 1. The monoisotopic (exact) mass is 211 g/mol. The summed E-state index contributed by atoms with van der Waals surface area (Å²) in [4.78, 5) is 10.2. The van der Waals surface area contributed by atoms with Crippen LogP contribution in [0.15, 0.2) is 18.2 Å². The van der Waals surface area contributed by atoms with E-state index < -0.39 is 0 Å². The minimum atomic E-state index is 0.605. The lowest BCUT2D eigenvalue weighted by molar-refractivity contribution is -0.105. The number of nitrogens with one attached hydrogen (secondary N) is 1. The van der Waals surface area contributed by atoms with Gasteiger partial charge in [0.15, 0.2) is 0 Å². The first kappa shape index (κ1) is 13.3. The fourth-order valence-electron chi connectivity index (χ4n) is 0.959. The second-order valence-electron chi connectivity index (χ2n) is 2.36. The highest BCUT2D eigenvalue weighted by Gasteiger charge is 1.99. The van der Waals surface area contributed by atoms with Gasteiger partial charge in [-0.25, -0.2) is 0 Å². The zero-order chi connectivity index (χ0) is 11.7. The summed E-state index contributed by atoms with van der Waals surface area (Å²) in [5.74, 6) is 1.28. The smallest absolute Gasteiger partial charge is 0.211 e. The first-order chi connectivity index (χ1) is 7.30. The highest BCUT2D eigenvalue weighted by Crippen LogP contribution is 2.25. The zero-order valence-electron chi connectivity index (χ0n) is 9.53. The number of carbonyl (C=O) groups excluding carboxylic acids is 1. The van der Waals surface area contributed by atoms with E-state index in [2.05, 4.69) is 5.32 Å². The van der Waals surface area contributed by atoms with Crippen molar-refractivity contribution in [2.75, 3.05) is 19.5 Å². The number of hydrogen-bond acceptors (Lipinski definition) is 3. The van der Waals surface area contributed by atoms with E-state index in [-0.39, 0.29) is 0 Å². The van der Waals surface area contributed by atoms with Crippen molar-refractivity contribution in [1.82, 2.24) is 0 Å². The van der Waals surface area contributed by atoms with Crippen molar-refractivity contribution in [2.24, 2.45) is 0 Å². The molecule has 0 fully saturated rings. The van der Waals surface area contributed by atoms with Gasteiger partial charge in [-0.15, -0.1) is 0 Å². The molecule has 0 radical (unpaired) electrons. The van der Waals surface area contributed by atoms with E-state index in [4.69, 9.17) is 9.47 Å². The minimum absolute atomic E-state index is 0.605. The Balaban J connectivity index is 0.000000921. The molecule has 0 aromatic heterocycles. The first-order valence-electron chi connectivity index (χ1n) is 4.73. The molecule has 1 aromatic rings. The zero-order valence-corrected chi connectivity index (χ0v) is 9.53. The Kier molecular flexibility index (Phi) is 6.80. The molecule has 1 amide bonds. The number of ether oxygens (including phenoxy) is 2. The van der Waals surface area contributed by atoms with E-state index in [1.165, 1.54) is 0 Å². The summed E-state index contributed by atoms with van der Waals surface area (Å²) in [6.07, 6.45) is 0.605. The van der Waals surface area contributed by atoms with Gasteiger partial charge in [-0.05, 0) is 0 Å². The Labute approximate surface area is 90.2 Å². The molecule has 0 aliphatic heterocycles. The van der Waals surface area contributed by atoms with Crippen LogP contribution in [0.25, 0.3) is 0 Å². The molecular formula is C11H17NO3. The van der Waals surface area contributed by atoms with Crippen LogP contribution in [0.2, 0.25) is 0 Å². The molecule has 0 bridgehead atoms. The van der Waals surface area contributed by atoms with Gasteiger partial charge in [-0.1, -0.05) is 13.8 Å². The second kappa shape index (κ2) is 7.67. The van der Waals surface area contributed by atoms with Crippen LogP contribution in [0.1, 0.15) is 13.8 Å². The van der Waals surface area contributed by atoms with Crippen LogP contribution in [0, 0.1) is 0 Å². The van der Waals surface area contributed by atoms with Crippen LogP contribution in [0.3, 0.4) is 0 Å². The fourth-order valence-corrected chi connectivity index (χ4v) is 0.959. The van der Waals surface area contributed by atoms with Gasteiger partial charge in [0.2, 0.25) is 6.41 Å². The molecule has 0 saturated carbocycles. The van der Waals surface area contributed by atoms with E-state index in [1.807, 2.05) is 13.8 Å². The number of rotatable bonds is 4. The highest BCUT2D eigenvalue weighted by atomic mass is 16.5. The Hall–Kier alpha value is -1.71. The van der Waals surface area contributed by atoms with Crippen molar-refractivity contribution in [3.63, 3.8) is 0 Å². The van der Waals surface area contributed by atoms with Gasteiger partial charge in [-0.3, -0.25) is 4.79 Å². The van der Waals surface area contributed by atoms with Crippen molar-refractivity contribution >= 4 is 12.1 Å². The molecule has 0 saturated heterocycles. The summed E-state index contributed by atoms with van der Waals surface area (Å²) in [6.45, 7) is 4.00. The third kappa shape index (κ3) is 4.35. The predicted molar refractivity (Wildman–Crippen MR) is 60.6 cm³/mol. The Morgan fingerprint density at radius 3 is 1.87 bits per heavy atom. The number of benzene rings is 1. The summed E-state index contributed by atoms with van der Waals surface area (Å²) in [7, 11) is 3.11. The fraction of sp³-hybridized carbons (Fsp3) is 0.364. The molecule has 1 N–H and O–H groups in total. The van der Waals surface area contributed by atoms with Gasteiger partial charge in [0.25, 0.3) is 0 Å². The molecule has 0 atom stereocenters. The molecule has 1 rings (SSSR count). The van der Waals surface area contributed by atoms with E-state index in [1.54, 1.807) is 32.4 Å². The lowest BCUT2D eigenvalue weighted by Gasteiger charge is -2.06. The van der Waals surface area contributed by atoms with Gasteiger partial charge < -0.3 is 14.8 Å². The van der Waals surface area contributed by atoms with Gasteiger partial charge in [0.05, 0.1) is 14.2 Å². The summed E-state index contributed by atoms with van der Waals surface area (Å²) >= 11 is 0. The van der Waals surface area contributed by atoms with E-state index >= 15 is 0 Å². The Bertz CT molecular complexity index is 278. The summed E-state index contributed by atoms with van der Waals surface area (Å²) < 4.78 is 10.0. The summed E-state index contributed by atoms with van der Waals surface area (Å²) in [6, 6.07) is 5.14. The van der Waals surface area contributed by atoms with Crippen molar-refractivity contribution in [3.8, 4) is 11.5 Å². The van der Waals surface area contributed by atoms with E-state index in [9.17, 15) is 4.79 Å². The van der Waals surface area contributed by atoms with Crippen molar-refractivity contribution in [2.45, 2.75) is 13.8 Å². The second-order valence-corrected chi connectivity index (χ2v) is 2.36. The van der Waals surface area contributed by atoms with Gasteiger partial charge >= 0.3 is 0 Å². The van der Waals surface area contributed by atoms with Crippen molar-refractivity contribution in [1.29, 1.82) is 0 Å². The number of anilines is 1. The number of carbonyl (C=O) groups is 1. The standard InChI is InChI=1S/C9H11NO3.C2H6/c1-12-8-3-7(10-6-11)4-9(5-8)13-2;1-2/h3-6H,1-2H3,(H,10,11);1-2H3. The first-order valence-corrected chi connectivity index (χ1v) is 4.73. The van der Waals surface area contributed by atoms with E-state index in [0.29, 0.717) is 23.6 Å². The molecule has 15 heavy (non-hydrogen) atoms. The minimum Gasteiger partial charge on any atom is -0.497 e. The van der Waals surface area contributed by atoms with E-state index in [0.717, 1.165) is 0 Å². The van der Waals surface area contributed by atoms with Crippen LogP contribution < -0.4 is 14.8 Å². The number of methoxy groups -OCH3 is 2. The average Bonchev–Trinajstić information content (AvgIpc) is 2.31. The Morgan fingerprint density at radius 2 is 1.53 bits per heavy atom. The van der Waals surface area contributed by atoms with Crippen molar-refractivity contribution in [3.05, 3.63) is 18.2 Å². The molecule has 4 heteroatoms. The van der Waals surface area contributed by atoms with Crippen LogP contribution >= 0.6 is 0 Å². The molecule has 0 aliphatic carbocycles. The maximum atomic E-state index is 10.2. The normalized spacial score (nSPS) is 8.27. The van der Waals surface area contributed by atoms with Crippen molar-refractivity contribution < 1.29 is 14.3 Å². The quantitative estimate of drug-likeness (QED) is 0.777. The molecule has 0 heterocycles. The lowest BCUT2D eigenvalue weighted by atomic mass is 10.3. The van der Waals surface area contributed by atoms with Crippen LogP contribution in [0.4, 0.5) is 5.69 Å². The van der Waals surface area contributed by atoms with Crippen LogP contribution in [0.5, 0.6) is 11.5 Å². The molecular weight excluding hydrogens is 194 g/mol. The lowest BCUT2D eigenvalue weighted by Crippen LogP contribution is -1.95. The summed E-state index contributed by atoms with van der Waals surface area (Å²) in [5, 5.41) is 2.52. The van der Waals surface area contributed by atoms with Crippen LogP contribution in [-0.4, -0.2) is 20.6 Å². The third-order valence-electron chi connectivity index (χ3n) is 1.58. The molecule has 4 nitrogen and oxygen atoms in total. The maximum Gasteiger partial charge on any atom is 0.211 e. The summed E-state index contributed by atoms with van der Waals surface area (Å²) in [5.41, 5.74) is 0.645. The third-order valence-corrected chi connectivity index (χ3v) is 1.58. The molecule has 84 valence electrons. The predicted octanol–water partition coefficient (Wildman–Crippen LogP) is 2.30. The largest absolute Gasteiger partial charge is 0.497 e. The molecule has 0 unspecified atom stereocenters. The maximum absolute atomic E-state index is 10.2. The molecule has 1 aromatic carbocycles. The highest BCUT2D eigenvalue weighted by molar-refractivity contribution is 5.72. The Morgan fingerprint density at radius 1 is 1.07 bits per heavy atom. The van der Waals surface area contributed by atoms with Crippen LogP contribution in [-0.2, 0) is 4.79 Å². The van der Waals surface area contributed by atoms with Gasteiger partial charge in [0, 0.05) is 23.9 Å². The SMILES string of the molecule is CC.COc1cc(NC=O)cc(OC)c1. The number of hydrogen-bond donors (Lipinski definition) is 1. The van der Waals surface area contributed by atoms with Gasteiger partial charge in [0.1, 0.15) is 11.5 Å². The molecule has 0 spiro atoms. The topological polar surface area (TPSA) is 47.6 Å². The average molecular weight is 211 g/mol. The van der Waals surface area contributed by atoms with Gasteiger partial charge in [-0.2, -0.15) is 0 Å². The molecule has 0 aliphatic rings.